The van der Waals surface area contributed by atoms with Gasteiger partial charge < -0.3 is 14.6 Å². The van der Waals surface area contributed by atoms with E-state index in [9.17, 15) is 9.59 Å². The van der Waals surface area contributed by atoms with Gasteiger partial charge in [0.1, 0.15) is 5.52 Å². The zero-order chi connectivity index (χ0) is 20.4. The van der Waals surface area contributed by atoms with Gasteiger partial charge in [0.2, 0.25) is 11.8 Å². The minimum absolute atomic E-state index is 0.0124. The monoisotopic (exact) mass is 391 g/mol. The first-order valence-electron chi connectivity index (χ1n) is 10.1. The first-order chi connectivity index (χ1) is 14.0. The van der Waals surface area contributed by atoms with Crippen LogP contribution in [0.3, 0.4) is 0 Å². The van der Waals surface area contributed by atoms with E-state index in [1.165, 1.54) is 0 Å². The van der Waals surface area contributed by atoms with Gasteiger partial charge in [-0.25, -0.2) is 4.98 Å². The van der Waals surface area contributed by atoms with E-state index in [1.807, 2.05) is 62.5 Å². The second kappa shape index (κ2) is 8.07. The number of hydrogen-bond donors (Lipinski definition) is 1. The molecule has 1 N–H and O–H groups in total. The van der Waals surface area contributed by atoms with Gasteiger partial charge in [-0.15, -0.1) is 0 Å². The van der Waals surface area contributed by atoms with E-state index < -0.39 is 0 Å². The second-order valence-electron chi connectivity index (χ2n) is 7.57. The highest BCUT2D eigenvalue weighted by Crippen LogP contribution is 2.27. The Morgan fingerprint density at radius 3 is 2.62 bits per heavy atom. The van der Waals surface area contributed by atoms with Crippen molar-refractivity contribution < 1.29 is 14.0 Å². The van der Waals surface area contributed by atoms with Gasteiger partial charge in [-0.3, -0.25) is 9.59 Å². The molecule has 0 spiro atoms. The van der Waals surface area contributed by atoms with Gasteiger partial charge in [0, 0.05) is 36.7 Å². The molecular weight excluding hydrogens is 366 g/mol. The van der Waals surface area contributed by atoms with E-state index in [1.54, 1.807) is 4.90 Å². The number of fused-ring (bicyclic) bond motifs is 1. The maximum atomic E-state index is 12.9. The van der Waals surface area contributed by atoms with Gasteiger partial charge in [-0.1, -0.05) is 19.1 Å². The molecule has 2 atom stereocenters. The number of benzene rings is 2. The smallest absolute Gasteiger partial charge is 0.253 e. The summed E-state index contributed by atoms with van der Waals surface area (Å²) < 4.78 is 5.79. The Bertz CT molecular complexity index is 992. The van der Waals surface area contributed by atoms with Crippen LogP contribution in [0.5, 0.6) is 0 Å². The zero-order valence-electron chi connectivity index (χ0n) is 16.7. The van der Waals surface area contributed by atoms with Crippen LogP contribution in [0.15, 0.2) is 52.9 Å². The number of rotatable bonds is 5. The van der Waals surface area contributed by atoms with Crippen molar-refractivity contribution in [3.05, 3.63) is 54.1 Å². The molecule has 29 heavy (non-hydrogen) atoms. The SMILES string of the molecule is CCC(=O)NC1CCC(N(C)C(=O)c2ccc(-c3nc4ccccc4o3)cc2)C1. The molecule has 0 aliphatic heterocycles. The summed E-state index contributed by atoms with van der Waals surface area (Å²) in [6, 6.07) is 15.3. The van der Waals surface area contributed by atoms with Crippen molar-refractivity contribution in [3.8, 4) is 11.5 Å². The van der Waals surface area contributed by atoms with Crippen molar-refractivity contribution in [1.82, 2.24) is 15.2 Å². The molecule has 6 heteroatoms. The Kier molecular flexibility index (Phi) is 5.34. The number of nitrogens with zero attached hydrogens (tertiary/aromatic N) is 2. The lowest BCUT2D eigenvalue weighted by Gasteiger charge is -2.25. The molecule has 4 rings (SSSR count). The predicted molar refractivity (Wildman–Crippen MR) is 111 cm³/mol. The molecule has 0 bridgehead atoms. The first-order valence-corrected chi connectivity index (χ1v) is 10.1. The van der Waals surface area contributed by atoms with Crippen molar-refractivity contribution in [2.24, 2.45) is 0 Å². The van der Waals surface area contributed by atoms with Crippen molar-refractivity contribution in [2.45, 2.75) is 44.7 Å². The van der Waals surface area contributed by atoms with E-state index in [-0.39, 0.29) is 23.9 Å². The summed E-state index contributed by atoms with van der Waals surface area (Å²) in [7, 11) is 1.84. The fraction of sp³-hybridized carbons (Fsp3) is 0.348. The number of carbonyl (C=O) groups is 2. The number of carbonyl (C=O) groups excluding carboxylic acids is 2. The van der Waals surface area contributed by atoms with Crippen molar-refractivity contribution in [3.63, 3.8) is 0 Å². The summed E-state index contributed by atoms with van der Waals surface area (Å²) in [6.45, 7) is 1.85. The average Bonchev–Trinajstić information content (AvgIpc) is 3.39. The van der Waals surface area contributed by atoms with E-state index in [0.29, 0.717) is 17.9 Å². The predicted octanol–water partition coefficient (Wildman–Crippen LogP) is 4.01. The number of oxazole rings is 1. The van der Waals surface area contributed by atoms with E-state index in [4.69, 9.17) is 4.42 Å². The van der Waals surface area contributed by atoms with Gasteiger partial charge in [-0.05, 0) is 55.7 Å². The molecule has 1 aliphatic rings. The lowest BCUT2D eigenvalue weighted by atomic mass is 10.1. The summed E-state index contributed by atoms with van der Waals surface area (Å²) in [5.41, 5.74) is 3.03. The summed E-state index contributed by atoms with van der Waals surface area (Å²) >= 11 is 0. The standard InChI is InChI=1S/C23H25N3O3/c1-3-21(27)24-17-12-13-18(14-17)26(2)23(28)16-10-8-15(9-11-16)22-25-19-6-4-5-7-20(19)29-22/h4-11,17-18H,3,12-14H2,1-2H3,(H,24,27). The van der Waals surface area contributed by atoms with Gasteiger partial charge in [-0.2, -0.15) is 0 Å². The molecule has 0 saturated heterocycles. The minimum atomic E-state index is -0.0124. The summed E-state index contributed by atoms with van der Waals surface area (Å²) in [5, 5.41) is 3.03. The van der Waals surface area contributed by atoms with Crippen LogP contribution in [0.25, 0.3) is 22.6 Å². The molecule has 3 aromatic rings. The number of aromatic nitrogens is 1. The first kappa shape index (κ1) is 19.2. The largest absolute Gasteiger partial charge is 0.436 e. The molecule has 1 aromatic heterocycles. The molecule has 0 radical (unpaired) electrons. The quantitative estimate of drug-likeness (QED) is 0.713. The minimum Gasteiger partial charge on any atom is -0.436 e. The van der Waals surface area contributed by atoms with Crippen LogP contribution in [0.2, 0.25) is 0 Å². The van der Waals surface area contributed by atoms with E-state index in [0.717, 1.165) is 35.9 Å². The third-order valence-corrected chi connectivity index (χ3v) is 5.63. The highest BCUT2D eigenvalue weighted by molar-refractivity contribution is 5.94. The maximum absolute atomic E-state index is 12.9. The van der Waals surface area contributed by atoms with Crippen molar-refractivity contribution >= 4 is 22.9 Å². The maximum Gasteiger partial charge on any atom is 0.253 e. The van der Waals surface area contributed by atoms with Crippen LogP contribution in [-0.4, -0.2) is 40.8 Å². The molecule has 6 nitrogen and oxygen atoms in total. The molecule has 2 aromatic carbocycles. The Labute approximate surface area is 169 Å². The Morgan fingerprint density at radius 1 is 1.14 bits per heavy atom. The fourth-order valence-electron chi connectivity index (χ4n) is 3.89. The number of para-hydroxylation sites is 2. The second-order valence-corrected chi connectivity index (χ2v) is 7.57. The Balaban J connectivity index is 1.43. The van der Waals surface area contributed by atoms with E-state index >= 15 is 0 Å². The number of nitrogens with one attached hydrogen (secondary N) is 1. The lowest BCUT2D eigenvalue weighted by Crippen LogP contribution is -2.38. The molecule has 2 amide bonds. The molecule has 1 heterocycles. The topological polar surface area (TPSA) is 75.4 Å². The van der Waals surface area contributed by atoms with Crippen LogP contribution in [0, 0.1) is 0 Å². The van der Waals surface area contributed by atoms with Gasteiger partial charge >= 0.3 is 0 Å². The van der Waals surface area contributed by atoms with Gasteiger partial charge in [0.15, 0.2) is 5.58 Å². The molecule has 150 valence electrons. The molecular formula is C23H25N3O3. The number of hydrogen-bond acceptors (Lipinski definition) is 4. The third kappa shape index (κ3) is 4.01. The highest BCUT2D eigenvalue weighted by atomic mass is 16.3. The molecule has 1 saturated carbocycles. The summed E-state index contributed by atoms with van der Waals surface area (Å²) in [4.78, 5) is 30.8. The van der Waals surface area contributed by atoms with Crippen LogP contribution in [-0.2, 0) is 4.79 Å². The summed E-state index contributed by atoms with van der Waals surface area (Å²) in [6.07, 6.45) is 3.10. The Morgan fingerprint density at radius 2 is 1.90 bits per heavy atom. The third-order valence-electron chi connectivity index (χ3n) is 5.63. The van der Waals surface area contributed by atoms with Crippen LogP contribution in [0.1, 0.15) is 43.0 Å². The highest BCUT2D eigenvalue weighted by Gasteiger charge is 2.30. The Hall–Kier alpha value is -3.15. The van der Waals surface area contributed by atoms with Crippen molar-refractivity contribution in [2.75, 3.05) is 7.05 Å². The van der Waals surface area contributed by atoms with Crippen LogP contribution in [0.4, 0.5) is 0 Å². The van der Waals surface area contributed by atoms with E-state index in [2.05, 4.69) is 10.3 Å². The average molecular weight is 391 g/mol. The van der Waals surface area contributed by atoms with Gasteiger partial charge in [0.05, 0.1) is 0 Å². The molecule has 1 fully saturated rings. The van der Waals surface area contributed by atoms with Crippen LogP contribution >= 0.6 is 0 Å². The molecule has 2 unspecified atom stereocenters. The normalized spacial score (nSPS) is 18.7. The van der Waals surface area contributed by atoms with Gasteiger partial charge in [0.25, 0.3) is 5.91 Å². The lowest BCUT2D eigenvalue weighted by molar-refractivity contribution is -0.121. The number of amides is 2. The van der Waals surface area contributed by atoms with Crippen molar-refractivity contribution in [1.29, 1.82) is 0 Å². The van der Waals surface area contributed by atoms with Crippen LogP contribution < -0.4 is 5.32 Å². The molecule has 1 aliphatic carbocycles. The summed E-state index contributed by atoms with van der Waals surface area (Å²) in [5.74, 6) is 0.602. The fourth-order valence-corrected chi connectivity index (χ4v) is 3.89. The zero-order valence-corrected chi connectivity index (χ0v) is 16.7.